The Hall–Kier alpha value is -1.71. The second-order valence-electron chi connectivity index (χ2n) is 3.59. The first kappa shape index (κ1) is 9.83. The largest absolute Gasteiger partial charge is 0.493 e. The fraction of sp³-hybridized carbons (Fsp3) is 0.364. The number of carboxylic acid groups (broad SMARTS) is 1. The predicted molar refractivity (Wildman–Crippen MR) is 56.7 cm³/mol. The number of nitrogens with zero attached hydrogens (tertiary/aromatic N) is 1. The van der Waals surface area contributed by atoms with Crippen LogP contribution in [-0.4, -0.2) is 24.9 Å². The number of ether oxygens (including phenoxy) is 1. The Bertz CT molecular complexity index is 389. The molecule has 0 radical (unpaired) electrons. The maximum absolute atomic E-state index is 10.8. The van der Waals surface area contributed by atoms with E-state index in [1.54, 1.807) is 6.07 Å². The van der Waals surface area contributed by atoms with Gasteiger partial charge in [-0.15, -0.1) is 0 Å². The molecule has 1 aliphatic rings. The molecule has 0 atom stereocenters. The molecule has 15 heavy (non-hydrogen) atoms. The van der Waals surface area contributed by atoms with Crippen LogP contribution in [0.5, 0.6) is 5.75 Å². The summed E-state index contributed by atoms with van der Waals surface area (Å²) in [6.45, 7) is 0.751. The molecule has 4 heteroatoms. The van der Waals surface area contributed by atoms with E-state index < -0.39 is 6.09 Å². The molecule has 1 heterocycles. The zero-order valence-corrected chi connectivity index (χ0v) is 8.56. The maximum Gasteiger partial charge on any atom is 0.411 e. The number of benzene rings is 1. The molecule has 1 aromatic rings. The van der Waals surface area contributed by atoms with Crippen LogP contribution in [0.4, 0.5) is 10.5 Å². The fourth-order valence-electron chi connectivity index (χ4n) is 1.67. The molecule has 1 aliphatic heterocycles. The van der Waals surface area contributed by atoms with Gasteiger partial charge in [0.05, 0.1) is 6.61 Å². The highest BCUT2D eigenvalue weighted by Crippen LogP contribution is 2.28. The maximum atomic E-state index is 10.8. The summed E-state index contributed by atoms with van der Waals surface area (Å²) in [6.07, 6.45) is 0.996. The lowest BCUT2D eigenvalue weighted by Crippen LogP contribution is -2.24. The highest BCUT2D eigenvalue weighted by Gasteiger charge is 2.14. The summed E-state index contributed by atoms with van der Waals surface area (Å²) in [5.41, 5.74) is 1.78. The third-order valence-electron chi connectivity index (χ3n) is 2.57. The molecule has 0 aliphatic carbocycles. The predicted octanol–water partition coefficient (Wildman–Crippen LogP) is 2.13. The van der Waals surface area contributed by atoms with Crippen molar-refractivity contribution in [3.63, 3.8) is 0 Å². The van der Waals surface area contributed by atoms with Crippen molar-refractivity contribution in [3.05, 3.63) is 23.8 Å². The number of hydrogen-bond donors (Lipinski definition) is 1. The van der Waals surface area contributed by atoms with E-state index in [4.69, 9.17) is 9.84 Å². The third kappa shape index (κ3) is 1.88. The molecule has 1 aromatic carbocycles. The van der Waals surface area contributed by atoms with Gasteiger partial charge in [0, 0.05) is 12.7 Å². The Balaban J connectivity index is 2.31. The molecule has 0 saturated heterocycles. The van der Waals surface area contributed by atoms with Crippen molar-refractivity contribution < 1.29 is 14.6 Å². The van der Waals surface area contributed by atoms with Gasteiger partial charge >= 0.3 is 6.09 Å². The van der Waals surface area contributed by atoms with Crippen molar-refractivity contribution in [1.29, 1.82) is 0 Å². The minimum Gasteiger partial charge on any atom is -0.493 e. The SMILES string of the molecule is CN(C(=O)O)c1ccc2c(c1)CCCO2. The van der Waals surface area contributed by atoms with E-state index in [0.29, 0.717) is 5.69 Å². The van der Waals surface area contributed by atoms with E-state index in [0.717, 1.165) is 30.8 Å². The van der Waals surface area contributed by atoms with Gasteiger partial charge in [0.25, 0.3) is 0 Å². The zero-order valence-electron chi connectivity index (χ0n) is 8.56. The van der Waals surface area contributed by atoms with E-state index in [-0.39, 0.29) is 0 Å². The van der Waals surface area contributed by atoms with Gasteiger partial charge in [-0.05, 0) is 36.6 Å². The summed E-state index contributed by atoms with van der Waals surface area (Å²) in [6, 6.07) is 5.48. The molecule has 1 amide bonds. The second-order valence-corrected chi connectivity index (χ2v) is 3.59. The van der Waals surface area contributed by atoms with Crippen molar-refractivity contribution in [2.24, 2.45) is 0 Å². The summed E-state index contributed by atoms with van der Waals surface area (Å²) < 4.78 is 5.45. The van der Waals surface area contributed by atoms with Crippen LogP contribution in [-0.2, 0) is 6.42 Å². The van der Waals surface area contributed by atoms with Gasteiger partial charge in [0.1, 0.15) is 5.75 Å². The average Bonchev–Trinajstić information content (AvgIpc) is 2.27. The highest BCUT2D eigenvalue weighted by molar-refractivity contribution is 5.85. The Morgan fingerprint density at radius 3 is 3.07 bits per heavy atom. The smallest absolute Gasteiger partial charge is 0.411 e. The zero-order chi connectivity index (χ0) is 10.8. The molecule has 2 rings (SSSR count). The number of anilines is 1. The molecular formula is C11H13NO3. The quantitative estimate of drug-likeness (QED) is 0.767. The van der Waals surface area contributed by atoms with E-state index >= 15 is 0 Å². The van der Waals surface area contributed by atoms with Crippen LogP contribution in [0, 0.1) is 0 Å². The molecule has 1 N–H and O–H groups in total. The van der Waals surface area contributed by atoms with Gasteiger partial charge in [-0.1, -0.05) is 0 Å². The van der Waals surface area contributed by atoms with Crippen LogP contribution in [0.15, 0.2) is 18.2 Å². The molecule has 0 spiro atoms. The summed E-state index contributed by atoms with van der Waals surface area (Å²) in [5, 5.41) is 8.83. The Morgan fingerprint density at radius 1 is 1.53 bits per heavy atom. The Labute approximate surface area is 88.1 Å². The van der Waals surface area contributed by atoms with Gasteiger partial charge in [-0.25, -0.2) is 4.79 Å². The number of fused-ring (bicyclic) bond motifs is 1. The Kier molecular flexibility index (Phi) is 2.49. The van der Waals surface area contributed by atoms with E-state index in [9.17, 15) is 4.79 Å². The molecule has 0 fully saturated rings. The Morgan fingerprint density at radius 2 is 2.33 bits per heavy atom. The van der Waals surface area contributed by atoms with E-state index in [1.807, 2.05) is 12.1 Å². The van der Waals surface area contributed by atoms with Gasteiger partial charge in [0.2, 0.25) is 0 Å². The van der Waals surface area contributed by atoms with Crippen molar-refractivity contribution >= 4 is 11.8 Å². The average molecular weight is 207 g/mol. The standard InChI is InChI=1S/C11H13NO3/c1-12(11(13)14)9-4-5-10-8(7-9)3-2-6-15-10/h4-5,7H,2-3,6H2,1H3,(H,13,14). The molecule has 0 aromatic heterocycles. The van der Waals surface area contributed by atoms with Crippen LogP contribution >= 0.6 is 0 Å². The number of rotatable bonds is 1. The van der Waals surface area contributed by atoms with Crippen LogP contribution in [0.1, 0.15) is 12.0 Å². The van der Waals surface area contributed by atoms with Crippen molar-refractivity contribution in [3.8, 4) is 5.75 Å². The third-order valence-corrected chi connectivity index (χ3v) is 2.57. The van der Waals surface area contributed by atoms with Crippen molar-refractivity contribution in [2.75, 3.05) is 18.6 Å². The summed E-state index contributed by atoms with van der Waals surface area (Å²) in [7, 11) is 1.54. The van der Waals surface area contributed by atoms with E-state index in [1.165, 1.54) is 11.9 Å². The minimum absolute atomic E-state index is 0.687. The van der Waals surface area contributed by atoms with Crippen molar-refractivity contribution in [2.45, 2.75) is 12.8 Å². The second kappa shape index (κ2) is 3.81. The fourth-order valence-corrected chi connectivity index (χ4v) is 1.67. The van der Waals surface area contributed by atoms with Gasteiger partial charge < -0.3 is 9.84 Å². The van der Waals surface area contributed by atoms with Crippen LogP contribution in [0.25, 0.3) is 0 Å². The molecule has 0 unspecified atom stereocenters. The lowest BCUT2D eigenvalue weighted by molar-refractivity contribution is 0.203. The molecule has 4 nitrogen and oxygen atoms in total. The van der Waals surface area contributed by atoms with Gasteiger partial charge in [-0.2, -0.15) is 0 Å². The number of amides is 1. The number of carbonyl (C=O) groups is 1. The van der Waals surface area contributed by atoms with Crippen LogP contribution in [0.2, 0.25) is 0 Å². The number of aryl methyl sites for hydroxylation is 1. The normalized spacial score (nSPS) is 13.9. The lowest BCUT2D eigenvalue weighted by Gasteiger charge is -2.20. The molecular weight excluding hydrogens is 194 g/mol. The first-order valence-corrected chi connectivity index (χ1v) is 4.91. The van der Waals surface area contributed by atoms with Crippen molar-refractivity contribution in [1.82, 2.24) is 0 Å². The van der Waals surface area contributed by atoms with Crippen LogP contribution < -0.4 is 9.64 Å². The lowest BCUT2D eigenvalue weighted by atomic mass is 10.1. The first-order chi connectivity index (χ1) is 7.18. The molecule has 0 bridgehead atoms. The topological polar surface area (TPSA) is 49.8 Å². The van der Waals surface area contributed by atoms with E-state index in [2.05, 4.69) is 0 Å². The first-order valence-electron chi connectivity index (χ1n) is 4.91. The minimum atomic E-state index is -0.952. The highest BCUT2D eigenvalue weighted by atomic mass is 16.5. The number of hydrogen-bond acceptors (Lipinski definition) is 2. The van der Waals surface area contributed by atoms with Gasteiger partial charge in [-0.3, -0.25) is 4.90 Å². The summed E-state index contributed by atoms with van der Waals surface area (Å²) in [4.78, 5) is 12.0. The van der Waals surface area contributed by atoms with Crippen LogP contribution in [0.3, 0.4) is 0 Å². The summed E-state index contributed by atoms with van der Waals surface area (Å²) >= 11 is 0. The molecule has 0 saturated carbocycles. The molecule has 80 valence electrons. The van der Waals surface area contributed by atoms with Gasteiger partial charge in [0.15, 0.2) is 0 Å². The monoisotopic (exact) mass is 207 g/mol. The summed E-state index contributed by atoms with van der Waals surface area (Å²) in [5.74, 6) is 0.879.